The quantitative estimate of drug-likeness (QED) is 0.708. The van der Waals surface area contributed by atoms with Crippen LogP contribution in [-0.2, 0) is 11.3 Å². The van der Waals surface area contributed by atoms with Crippen LogP contribution in [-0.4, -0.2) is 39.8 Å². The first-order valence-corrected chi connectivity index (χ1v) is 9.52. The van der Waals surface area contributed by atoms with E-state index in [4.69, 9.17) is 9.15 Å². The van der Waals surface area contributed by atoms with Gasteiger partial charge in [0, 0.05) is 11.4 Å². The first-order chi connectivity index (χ1) is 11.7. The molecule has 0 spiro atoms. The highest BCUT2D eigenvalue weighted by atomic mass is 32.1. The summed E-state index contributed by atoms with van der Waals surface area (Å²) in [5, 5.41) is 11.6. The first-order valence-electron chi connectivity index (χ1n) is 7.82. The summed E-state index contributed by atoms with van der Waals surface area (Å²) in [7, 11) is 0. The minimum absolute atomic E-state index is 0.0236. The molecule has 0 bridgehead atoms. The molecule has 0 radical (unpaired) electrons. The minimum Gasteiger partial charge on any atom is -0.418 e. The SMILES string of the molecule is Cc1nc(CN2CCOCC2c2nnc(-c3cccs3)o2)sc1C. The number of thiophene rings is 1. The molecular formula is C16H18N4O2S2. The lowest BCUT2D eigenvalue weighted by molar-refractivity contribution is -0.0222. The molecule has 1 aliphatic rings. The lowest BCUT2D eigenvalue weighted by Crippen LogP contribution is -2.39. The van der Waals surface area contributed by atoms with E-state index in [0.29, 0.717) is 25.0 Å². The van der Waals surface area contributed by atoms with E-state index in [0.717, 1.165) is 28.7 Å². The van der Waals surface area contributed by atoms with E-state index < -0.39 is 0 Å². The number of rotatable bonds is 4. The highest BCUT2D eigenvalue weighted by Gasteiger charge is 2.30. The van der Waals surface area contributed by atoms with Crippen molar-refractivity contribution in [3.8, 4) is 10.8 Å². The summed E-state index contributed by atoms with van der Waals surface area (Å²) in [6.45, 7) is 7.06. The molecule has 3 aromatic heterocycles. The van der Waals surface area contributed by atoms with Crippen LogP contribution in [0.4, 0.5) is 0 Å². The van der Waals surface area contributed by atoms with Gasteiger partial charge in [0.05, 0.1) is 30.3 Å². The number of morpholine rings is 1. The van der Waals surface area contributed by atoms with Gasteiger partial charge in [-0.1, -0.05) is 6.07 Å². The molecule has 4 heterocycles. The van der Waals surface area contributed by atoms with Crippen molar-refractivity contribution in [2.75, 3.05) is 19.8 Å². The van der Waals surface area contributed by atoms with Gasteiger partial charge in [0.2, 0.25) is 5.89 Å². The molecular weight excluding hydrogens is 344 g/mol. The van der Waals surface area contributed by atoms with Crippen LogP contribution >= 0.6 is 22.7 Å². The minimum atomic E-state index is -0.0236. The Morgan fingerprint density at radius 1 is 1.33 bits per heavy atom. The summed E-state index contributed by atoms with van der Waals surface area (Å²) in [4.78, 5) is 9.22. The maximum Gasteiger partial charge on any atom is 0.257 e. The van der Waals surface area contributed by atoms with Gasteiger partial charge in [-0.15, -0.1) is 32.9 Å². The fourth-order valence-electron chi connectivity index (χ4n) is 2.70. The van der Waals surface area contributed by atoms with Crippen molar-refractivity contribution >= 4 is 22.7 Å². The van der Waals surface area contributed by atoms with Gasteiger partial charge in [0.25, 0.3) is 5.89 Å². The Hall–Kier alpha value is -1.61. The van der Waals surface area contributed by atoms with Crippen LogP contribution in [0.25, 0.3) is 10.8 Å². The van der Waals surface area contributed by atoms with Crippen LogP contribution in [0.3, 0.4) is 0 Å². The molecule has 3 aromatic rings. The molecule has 0 saturated carbocycles. The van der Waals surface area contributed by atoms with Crippen LogP contribution in [0, 0.1) is 13.8 Å². The Morgan fingerprint density at radius 2 is 2.25 bits per heavy atom. The van der Waals surface area contributed by atoms with Crippen molar-refractivity contribution < 1.29 is 9.15 Å². The number of hydrogen-bond donors (Lipinski definition) is 0. The van der Waals surface area contributed by atoms with Crippen LogP contribution in [0.1, 0.15) is 27.5 Å². The Labute approximate surface area is 148 Å². The van der Waals surface area contributed by atoms with Crippen molar-refractivity contribution in [1.29, 1.82) is 0 Å². The molecule has 0 N–H and O–H groups in total. The molecule has 1 fully saturated rings. The lowest BCUT2D eigenvalue weighted by Gasteiger charge is -2.32. The zero-order chi connectivity index (χ0) is 16.5. The maximum absolute atomic E-state index is 5.91. The second kappa shape index (κ2) is 6.72. The van der Waals surface area contributed by atoms with E-state index >= 15 is 0 Å². The van der Waals surface area contributed by atoms with Gasteiger partial charge in [-0.05, 0) is 25.3 Å². The molecule has 1 aliphatic heterocycles. The number of aromatic nitrogens is 3. The maximum atomic E-state index is 5.91. The van der Waals surface area contributed by atoms with E-state index in [2.05, 4.69) is 33.9 Å². The van der Waals surface area contributed by atoms with Gasteiger partial charge in [-0.25, -0.2) is 4.98 Å². The summed E-state index contributed by atoms with van der Waals surface area (Å²) in [6.07, 6.45) is 0. The second-order valence-electron chi connectivity index (χ2n) is 5.73. The third-order valence-corrected chi connectivity index (χ3v) is 6.02. The second-order valence-corrected chi connectivity index (χ2v) is 7.97. The van der Waals surface area contributed by atoms with Gasteiger partial charge in [-0.3, -0.25) is 4.90 Å². The van der Waals surface area contributed by atoms with Crippen molar-refractivity contribution in [1.82, 2.24) is 20.1 Å². The van der Waals surface area contributed by atoms with Crippen LogP contribution in [0.5, 0.6) is 0 Å². The largest absolute Gasteiger partial charge is 0.418 e. The summed E-state index contributed by atoms with van der Waals surface area (Å²) in [5.74, 6) is 1.19. The average molecular weight is 362 g/mol. The first kappa shape index (κ1) is 15.9. The molecule has 24 heavy (non-hydrogen) atoms. The van der Waals surface area contributed by atoms with Crippen LogP contribution in [0.15, 0.2) is 21.9 Å². The highest BCUT2D eigenvalue weighted by Crippen LogP contribution is 2.30. The van der Waals surface area contributed by atoms with Gasteiger partial charge in [0.15, 0.2) is 0 Å². The molecule has 1 atom stereocenters. The van der Waals surface area contributed by atoms with Crippen LogP contribution in [0.2, 0.25) is 0 Å². The number of aryl methyl sites for hydroxylation is 2. The van der Waals surface area contributed by atoms with Crippen molar-refractivity contribution in [2.45, 2.75) is 26.4 Å². The predicted molar refractivity (Wildman–Crippen MR) is 93.2 cm³/mol. The summed E-state index contributed by atoms with van der Waals surface area (Å²) in [6, 6.07) is 3.94. The third kappa shape index (κ3) is 3.14. The molecule has 4 rings (SSSR count). The molecule has 126 valence electrons. The Bertz CT molecular complexity index is 793. The van der Waals surface area contributed by atoms with E-state index in [1.165, 1.54) is 4.88 Å². The Balaban J connectivity index is 1.55. The van der Waals surface area contributed by atoms with E-state index in [9.17, 15) is 0 Å². The third-order valence-electron chi connectivity index (χ3n) is 4.11. The zero-order valence-electron chi connectivity index (χ0n) is 13.6. The average Bonchev–Trinajstić information content (AvgIpc) is 3.30. The van der Waals surface area contributed by atoms with Gasteiger partial charge >= 0.3 is 0 Å². The summed E-state index contributed by atoms with van der Waals surface area (Å²) < 4.78 is 11.6. The predicted octanol–water partition coefficient (Wildman–Crippen LogP) is 3.44. The Kier molecular flexibility index (Phi) is 4.45. The fourth-order valence-corrected chi connectivity index (χ4v) is 4.31. The lowest BCUT2D eigenvalue weighted by atomic mass is 10.2. The number of ether oxygens (including phenoxy) is 1. The van der Waals surface area contributed by atoms with E-state index in [1.54, 1.807) is 22.7 Å². The van der Waals surface area contributed by atoms with Gasteiger partial charge in [-0.2, -0.15) is 0 Å². The summed E-state index contributed by atoms with van der Waals surface area (Å²) in [5.41, 5.74) is 1.11. The molecule has 0 aromatic carbocycles. The van der Waals surface area contributed by atoms with Crippen molar-refractivity contribution in [3.63, 3.8) is 0 Å². The van der Waals surface area contributed by atoms with Gasteiger partial charge in [0.1, 0.15) is 11.0 Å². The van der Waals surface area contributed by atoms with Gasteiger partial charge < -0.3 is 9.15 Å². The Morgan fingerprint density at radius 3 is 3.00 bits per heavy atom. The topological polar surface area (TPSA) is 64.3 Å². The van der Waals surface area contributed by atoms with Crippen molar-refractivity contribution in [3.05, 3.63) is 39.0 Å². The molecule has 6 nitrogen and oxygen atoms in total. The molecule has 1 unspecified atom stereocenters. The van der Waals surface area contributed by atoms with Crippen LogP contribution < -0.4 is 0 Å². The molecule has 8 heteroatoms. The fraction of sp³-hybridized carbons (Fsp3) is 0.438. The molecule has 1 saturated heterocycles. The normalized spacial score (nSPS) is 19.0. The monoisotopic (exact) mass is 362 g/mol. The molecule has 0 aliphatic carbocycles. The number of nitrogens with zero attached hydrogens (tertiary/aromatic N) is 4. The van der Waals surface area contributed by atoms with Crippen molar-refractivity contribution in [2.24, 2.45) is 0 Å². The zero-order valence-corrected chi connectivity index (χ0v) is 15.2. The standard InChI is InChI=1S/C16H18N4O2S2/c1-10-11(2)24-14(17-10)8-20-5-6-21-9-12(20)15-18-19-16(22-15)13-4-3-7-23-13/h3-4,7,12H,5-6,8-9H2,1-2H3. The highest BCUT2D eigenvalue weighted by molar-refractivity contribution is 7.13. The van der Waals surface area contributed by atoms with E-state index in [-0.39, 0.29) is 6.04 Å². The van der Waals surface area contributed by atoms with E-state index in [1.807, 2.05) is 17.5 Å². The number of hydrogen-bond acceptors (Lipinski definition) is 8. The smallest absolute Gasteiger partial charge is 0.257 e. The summed E-state index contributed by atoms with van der Waals surface area (Å²) >= 11 is 3.34. The number of thiazole rings is 1. The molecule has 0 amide bonds.